The van der Waals surface area contributed by atoms with E-state index in [1.165, 1.54) is 13.0 Å². The van der Waals surface area contributed by atoms with Crippen molar-refractivity contribution in [1.29, 1.82) is 0 Å². The summed E-state index contributed by atoms with van der Waals surface area (Å²) in [4.78, 5) is 21.2. The molecule has 0 atom stereocenters. The number of ether oxygens (including phenoxy) is 1. The maximum absolute atomic E-state index is 13.4. The van der Waals surface area contributed by atoms with E-state index in [1.54, 1.807) is 6.92 Å². The molecule has 0 unspecified atom stereocenters. The van der Waals surface area contributed by atoms with E-state index in [2.05, 4.69) is 4.74 Å². The normalized spacial score (nSPS) is 10.1. The Kier molecular flexibility index (Phi) is 4.14. The van der Waals surface area contributed by atoms with Crippen LogP contribution in [0.15, 0.2) is 12.1 Å². The number of benzene rings is 1. The van der Waals surface area contributed by atoms with Gasteiger partial charge in [0.15, 0.2) is 0 Å². The molecule has 0 N–H and O–H groups in total. The number of halogens is 1. The number of nitrogens with zero attached hydrogens (tertiary/aromatic N) is 1. The molecular weight excluding hydrogens is 229 g/mol. The lowest BCUT2D eigenvalue weighted by Gasteiger charge is -2.04. The fourth-order valence-electron chi connectivity index (χ4n) is 1.39. The number of esters is 1. The van der Waals surface area contributed by atoms with E-state index in [1.807, 2.05) is 0 Å². The maximum atomic E-state index is 13.4. The highest BCUT2D eigenvalue weighted by Gasteiger charge is 2.17. The summed E-state index contributed by atoms with van der Waals surface area (Å²) in [5.41, 5.74) is -0.134. The molecule has 5 nitrogen and oxygen atoms in total. The van der Waals surface area contributed by atoms with E-state index in [9.17, 15) is 19.3 Å². The smallest absolute Gasteiger partial charge is 0.310 e. The summed E-state index contributed by atoms with van der Waals surface area (Å²) in [6, 6.07) is 2.30. The summed E-state index contributed by atoms with van der Waals surface area (Å²) in [5, 5.41) is 10.7. The zero-order chi connectivity index (χ0) is 13.0. The average Bonchev–Trinajstić information content (AvgIpc) is 2.23. The Morgan fingerprint density at radius 1 is 1.53 bits per heavy atom. The summed E-state index contributed by atoms with van der Waals surface area (Å²) >= 11 is 0. The third-order valence-corrected chi connectivity index (χ3v) is 2.23. The molecule has 1 rings (SSSR count). The van der Waals surface area contributed by atoms with Crippen LogP contribution in [0, 0.1) is 22.9 Å². The fourth-order valence-corrected chi connectivity index (χ4v) is 1.39. The van der Waals surface area contributed by atoms with Crippen molar-refractivity contribution in [1.82, 2.24) is 0 Å². The van der Waals surface area contributed by atoms with E-state index < -0.39 is 16.7 Å². The highest BCUT2D eigenvalue weighted by molar-refractivity contribution is 5.73. The number of hydrogen-bond acceptors (Lipinski definition) is 4. The number of rotatable bonds is 4. The Morgan fingerprint density at radius 3 is 2.71 bits per heavy atom. The molecule has 0 fully saturated rings. The molecule has 6 heteroatoms. The van der Waals surface area contributed by atoms with Gasteiger partial charge < -0.3 is 4.74 Å². The average molecular weight is 241 g/mol. The zero-order valence-corrected chi connectivity index (χ0v) is 9.53. The second-order valence-corrected chi connectivity index (χ2v) is 3.46. The van der Waals surface area contributed by atoms with Gasteiger partial charge in [0.2, 0.25) is 0 Å². The number of nitro benzene ring substituents is 1. The van der Waals surface area contributed by atoms with Gasteiger partial charge in [-0.1, -0.05) is 0 Å². The Labute approximate surface area is 97.3 Å². The van der Waals surface area contributed by atoms with Crippen molar-refractivity contribution < 1.29 is 18.8 Å². The van der Waals surface area contributed by atoms with Crippen LogP contribution in [-0.4, -0.2) is 17.5 Å². The van der Waals surface area contributed by atoms with Crippen molar-refractivity contribution in [3.63, 3.8) is 0 Å². The quantitative estimate of drug-likeness (QED) is 0.460. The highest BCUT2D eigenvalue weighted by Crippen LogP contribution is 2.23. The van der Waals surface area contributed by atoms with Crippen molar-refractivity contribution in [2.45, 2.75) is 20.3 Å². The molecule has 1 aromatic rings. The first-order valence-corrected chi connectivity index (χ1v) is 5.04. The van der Waals surface area contributed by atoms with Gasteiger partial charge in [-0.05, 0) is 25.5 Å². The molecule has 0 aliphatic carbocycles. The molecule has 0 heterocycles. The molecule has 0 aliphatic heterocycles. The summed E-state index contributed by atoms with van der Waals surface area (Å²) in [6.45, 7) is 3.19. The van der Waals surface area contributed by atoms with E-state index in [0.29, 0.717) is 0 Å². The summed E-state index contributed by atoms with van der Waals surface area (Å²) in [5.74, 6) is -1.23. The lowest BCUT2D eigenvalue weighted by atomic mass is 10.1. The number of hydrogen-bond donors (Lipinski definition) is 0. The molecular formula is C11H12FNO4. The minimum absolute atomic E-state index is 0.0393. The topological polar surface area (TPSA) is 69.4 Å². The molecule has 0 saturated heterocycles. The number of nitro groups is 1. The number of carbonyl (C=O) groups is 1. The van der Waals surface area contributed by atoms with Gasteiger partial charge in [0.05, 0.1) is 23.5 Å². The first-order valence-electron chi connectivity index (χ1n) is 5.04. The van der Waals surface area contributed by atoms with Crippen LogP contribution in [0.1, 0.15) is 18.1 Å². The van der Waals surface area contributed by atoms with Crippen LogP contribution >= 0.6 is 0 Å². The van der Waals surface area contributed by atoms with Gasteiger partial charge in [-0.15, -0.1) is 0 Å². The summed E-state index contributed by atoms with van der Waals surface area (Å²) < 4.78 is 18.1. The van der Waals surface area contributed by atoms with Crippen LogP contribution in [0.3, 0.4) is 0 Å². The van der Waals surface area contributed by atoms with Crippen LogP contribution in [0.4, 0.5) is 10.1 Å². The van der Waals surface area contributed by atoms with E-state index >= 15 is 0 Å². The van der Waals surface area contributed by atoms with E-state index in [-0.39, 0.29) is 29.8 Å². The third-order valence-electron chi connectivity index (χ3n) is 2.23. The predicted molar refractivity (Wildman–Crippen MR) is 58.1 cm³/mol. The first-order chi connectivity index (χ1) is 7.95. The standard InChI is InChI=1S/C11H12FNO4/c1-3-17-11(14)6-8-4-9(12)7(2)10(5-8)13(15)16/h4-5H,3,6H2,1-2H3. The van der Waals surface area contributed by atoms with Crippen molar-refractivity contribution in [2.24, 2.45) is 0 Å². The SMILES string of the molecule is CCOC(=O)Cc1cc(F)c(C)c([N+](=O)[O-])c1. The van der Waals surface area contributed by atoms with Gasteiger partial charge in [0, 0.05) is 6.07 Å². The van der Waals surface area contributed by atoms with Gasteiger partial charge >= 0.3 is 5.97 Å². The van der Waals surface area contributed by atoms with Crippen LogP contribution in [0.5, 0.6) is 0 Å². The Bertz CT molecular complexity index is 459. The maximum Gasteiger partial charge on any atom is 0.310 e. The Balaban J connectivity index is 3.02. The molecule has 92 valence electrons. The van der Waals surface area contributed by atoms with Crippen LogP contribution in [0.25, 0.3) is 0 Å². The molecule has 0 amide bonds. The predicted octanol–water partition coefficient (Wildman–Crippen LogP) is 2.15. The molecule has 0 bridgehead atoms. The first kappa shape index (κ1) is 13.1. The van der Waals surface area contributed by atoms with Gasteiger partial charge in [-0.3, -0.25) is 14.9 Å². The second-order valence-electron chi connectivity index (χ2n) is 3.46. The minimum Gasteiger partial charge on any atom is -0.466 e. The van der Waals surface area contributed by atoms with Crippen molar-refractivity contribution in [2.75, 3.05) is 6.61 Å². The molecule has 0 spiro atoms. The van der Waals surface area contributed by atoms with Crippen molar-refractivity contribution >= 4 is 11.7 Å². The molecule has 1 aromatic carbocycles. The van der Waals surface area contributed by atoms with E-state index in [0.717, 1.165) is 6.07 Å². The fraction of sp³-hybridized carbons (Fsp3) is 0.364. The largest absolute Gasteiger partial charge is 0.466 e. The van der Waals surface area contributed by atoms with Gasteiger partial charge in [0.1, 0.15) is 5.82 Å². The van der Waals surface area contributed by atoms with Crippen LogP contribution in [-0.2, 0) is 16.0 Å². The Morgan fingerprint density at radius 2 is 2.18 bits per heavy atom. The molecule has 0 radical (unpaired) electrons. The van der Waals surface area contributed by atoms with E-state index in [4.69, 9.17) is 0 Å². The second kappa shape index (κ2) is 5.38. The van der Waals surface area contributed by atoms with Crippen molar-refractivity contribution in [3.8, 4) is 0 Å². The number of carbonyl (C=O) groups excluding carboxylic acids is 1. The minimum atomic E-state index is -0.696. The third kappa shape index (κ3) is 3.24. The van der Waals surface area contributed by atoms with Crippen LogP contribution in [0.2, 0.25) is 0 Å². The lowest BCUT2D eigenvalue weighted by Crippen LogP contribution is -2.08. The molecule has 0 aromatic heterocycles. The summed E-state index contributed by atoms with van der Waals surface area (Å²) in [7, 11) is 0. The van der Waals surface area contributed by atoms with Gasteiger partial charge in [-0.25, -0.2) is 4.39 Å². The van der Waals surface area contributed by atoms with Gasteiger partial charge in [0.25, 0.3) is 5.69 Å². The van der Waals surface area contributed by atoms with Crippen LogP contribution < -0.4 is 0 Å². The summed E-state index contributed by atoms with van der Waals surface area (Å²) in [6.07, 6.45) is -0.175. The molecule has 17 heavy (non-hydrogen) atoms. The molecule has 0 saturated carbocycles. The monoisotopic (exact) mass is 241 g/mol. The van der Waals surface area contributed by atoms with Gasteiger partial charge in [-0.2, -0.15) is 0 Å². The highest BCUT2D eigenvalue weighted by atomic mass is 19.1. The lowest BCUT2D eigenvalue weighted by molar-refractivity contribution is -0.385. The molecule has 0 aliphatic rings. The zero-order valence-electron chi connectivity index (χ0n) is 9.53. The Hall–Kier alpha value is -1.98. The van der Waals surface area contributed by atoms with Crippen molar-refractivity contribution in [3.05, 3.63) is 39.2 Å².